The highest BCUT2D eigenvalue weighted by molar-refractivity contribution is 6.21. The molecule has 1 aliphatic rings. The van der Waals surface area contributed by atoms with E-state index in [9.17, 15) is 19.2 Å². The van der Waals surface area contributed by atoms with Gasteiger partial charge in [0.15, 0.2) is 6.61 Å². The Morgan fingerprint density at radius 2 is 1.80 bits per heavy atom. The minimum Gasteiger partial charge on any atom is -0.452 e. The molecule has 25 heavy (non-hydrogen) atoms. The average Bonchev–Trinajstić information content (AvgIpc) is 2.86. The molecule has 0 saturated carbocycles. The van der Waals surface area contributed by atoms with Crippen molar-refractivity contribution in [3.05, 3.63) is 34.9 Å². The van der Waals surface area contributed by atoms with E-state index in [2.05, 4.69) is 5.32 Å². The number of esters is 1. The summed E-state index contributed by atoms with van der Waals surface area (Å²) in [5, 5.41) is 2.60. The van der Waals surface area contributed by atoms with Crippen LogP contribution in [0.1, 0.15) is 64.2 Å². The first kappa shape index (κ1) is 18.6. The molecule has 3 amide bonds. The highest BCUT2D eigenvalue weighted by atomic mass is 16.5. The highest BCUT2D eigenvalue weighted by Gasteiger charge is 2.35. The maximum atomic E-state index is 12.4. The molecular weight excluding hydrogens is 324 g/mol. The highest BCUT2D eigenvalue weighted by Crippen LogP contribution is 2.24. The van der Waals surface area contributed by atoms with E-state index in [0.29, 0.717) is 18.7 Å². The molecule has 0 bridgehead atoms. The Morgan fingerprint density at radius 3 is 2.48 bits per heavy atom. The third-order valence-electron chi connectivity index (χ3n) is 3.85. The number of benzene rings is 1. The molecule has 0 unspecified atom stereocenters. The fraction of sp³-hybridized carbons (Fsp3) is 0.444. The van der Waals surface area contributed by atoms with E-state index in [1.54, 1.807) is 0 Å². The van der Waals surface area contributed by atoms with Crippen LogP contribution in [0.4, 0.5) is 0 Å². The van der Waals surface area contributed by atoms with Gasteiger partial charge in [0.25, 0.3) is 17.7 Å². The fourth-order valence-corrected chi connectivity index (χ4v) is 2.47. The monoisotopic (exact) mass is 346 g/mol. The third-order valence-corrected chi connectivity index (χ3v) is 3.85. The number of unbranched alkanes of at least 4 members (excludes halogenated alkanes) is 1. The minimum atomic E-state index is -0.707. The van der Waals surface area contributed by atoms with Crippen molar-refractivity contribution < 1.29 is 23.9 Å². The summed E-state index contributed by atoms with van der Waals surface area (Å²) in [5.74, 6) is -1.83. The van der Waals surface area contributed by atoms with Gasteiger partial charge < -0.3 is 10.1 Å². The maximum absolute atomic E-state index is 12.4. The zero-order valence-corrected chi connectivity index (χ0v) is 14.5. The van der Waals surface area contributed by atoms with Gasteiger partial charge >= 0.3 is 5.97 Å². The first-order chi connectivity index (χ1) is 12.0. The van der Waals surface area contributed by atoms with Gasteiger partial charge in [-0.1, -0.05) is 20.3 Å². The number of hydrogen-bond acceptors (Lipinski definition) is 5. The number of amides is 3. The van der Waals surface area contributed by atoms with Gasteiger partial charge in [-0.15, -0.1) is 0 Å². The third kappa shape index (κ3) is 4.23. The molecule has 7 nitrogen and oxygen atoms in total. The maximum Gasteiger partial charge on any atom is 0.338 e. The van der Waals surface area contributed by atoms with Crippen LogP contribution < -0.4 is 5.32 Å². The predicted octanol–water partition coefficient (Wildman–Crippen LogP) is 1.77. The minimum absolute atomic E-state index is 0.139. The second-order valence-corrected chi connectivity index (χ2v) is 5.80. The summed E-state index contributed by atoms with van der Waals surface area (Å²) >= 11 is 0. The van der Waals surface area contributed by atoms with Gasteiger partial charge in [-0.05, 0) is 31.0 Å². The standard InChI is InChI=1S/C18H22N2O5/c1-3-5-9-20-16(22)13-7-6-12(10-14(13)17(20)23)18(24)25-11-15(21)19-8-4-2/h6-7,10H,3-5,8-9,11H2,1-2H3,(H,19,21). The molecule has 1 heterocycles. The molecular formula is C18H22N2O5. The number of fused-ring (bicyclic) bond motifs is 1. The largest absolute Gasteiger partial charge is 0.452 e. The molecule has 134 valence electrons. The lowest BCUT2D eigenvalue weighted by molar-refractivity contribution is -0.124. The zero-order valence-electron chi connectivity index (χ0n) is 14.5. The Balaban J connectivity index is 2.05. The Morgan fingerprint density at radius 1 is 1.08 bits per heavy atom. The second-order valence-electron chi connectivity index (χ2n) is 5.80. The molecule has 1 N–H and O–H groups in total. The number of imide groups is 1. The van der Waals surface area contributed by atoms with E-state index >= 15 is 0 Å². The summed E-state index contributed by atoms with van der Waals surface area (Å²) < 4.78 is 4.94. The number of ether oxygens (including phenoxy) is 1. The van der Waals surface area contributed by atoms with Crippen LogP contribution in [0.25, 0.3) is 0 Å². The summed E-state index contributed by atoms with van der Waals surface area (Å²) in [6.07, 6.45) is 2.38. The van der Waals surface area contributed by atoms with Gasteiger partial charge in [0.05, 0.1) is 16.7 Å². The summed E-state index contributed by atoms with van der Waals surface area (Å²) in [6.45, 7) is 4.38. The molecule has 1 aromatic carbocycles. The molecule has 2 rings (SSSR count). The quantitative estimate of drug-likeness (QED) is 0.572. The fourth-order valence-electron chi connectivity index (χ4n) is 2.47. The molecule has 0 spiro atoms. The van der Waals surface area contributed by atoms with Crippen LogP contribution in [0, 0.1) is 0 Å². The van der Waals surface area contributed by atoms with Crippen molar-refractivity contribution in [1.82, 2.24) is 10.2 Å². The average molecular weight is 346 g/mol. The van der Waals surface area contributed by atoms with Crippen molar-refractivity contribution in [2.45, 2.75) is 33.1 Å². The molecule has 0 atom stereocenters. The van der Waals surface area contributed by atoms with Gasteiger partial charge in [0.2, 0.25) is 0 Å². The Labute approximate surface area is 146 Å². The van der Waals surface area contributed by atoms with Crippen molar-refractivity contribution in [1.29, 1.82) is 0 Å². The number of rotatable bonds is 8. The van der Waals surface area contributed by atoms with Crippen LogP contribution in [0.3, 0.4) is 0 Å². The lowest BCUT2D eigenvalue weighted by atomic mass is 10.1. The summed E-state index contributed by atoms with van der Waals surface area (Å²) in [4.78, 5) is 49.3. The second kappa shape index (κ2) is 8.41. The first-order valence-corrected chi connectivity index (χ1v) is 8.43. The SMILES string of the molecule is CCCCN1C(=O)c2ccc(C(=O)OCC(=O)NCCC)cc2C1=O. The Bertz CT molecular complexity index is 699. The summed E-state index contributed by atoms with van der Waals surface area (Å²) in [7, 11) is 0. The van der Waals surface area contributed by atoms with Crippen LogP contribution in [0.15, 0.2) is 18.2 Å². The number of nitrogens with zero attached hydrogens (tertiary/aromatic N) is 1. The molecule has 0 aliphatic carbocycles. The zero-order chi connectivity index (χ0) is 18.4. The van der Waals surface area contributed by atoms with Crippen LogP contribution in [-0.4, -0.2) is 48.3 Å². The van der Waals surface area contributed by atoms with Crippen molar-refractivity contribution >= 4 is 23.7 Å². The van der Waals surface area contributed by atoms with Crippen molar-refractivity contribution in [3.8, 4) is 0 Å². The first-order valence-electron chi connectivity index (χ1n) is 8.43. The van der Waals surface area contributed by atoms with Crippen LogP contribution in [-0.2, 0) is 9.53 Å². The van der Waals surface area contributed by atoms with E-state index in [-0.39, 0.29) is 29.5 Å². The molecule has 1 aromatic rings. The van der Waals surface area contributed by atoms with Gasteiger partial charge in [-0.25, -0.2) is 4.79 Å². The van der Waals surface area contributed by atoms with E-state index in [1.807, 2.05) is 13.8 Å². The summed E-state index contributed by atoms with van der Waals surface area (Å²) in [6, 6.07) is 4.24. The molecule has 0 fully saturated rings. The topological polar surface area (TPSA) is 92.8 Å². The van der Waals surface area contributed by atoms with E-state index < -0.39 is 11.9 Å². The molecule has 0 radical (unpaired) electrons. The Hall–Kier alpha value is -2.70. The Kier molecular flexibility index (Phi) is 6.27. The summed E-state index contributed by atoms with van der Waals surface area (Å²) in [5.41, 5.74) is 0.630. The van der Waals surface area contributed by atoms with E-state index in [0.717, 1.165) is 19.3 Å². The normalized spacial score (nSPS) is 13.0. The van der Waals surface area contributed by atoms with Crippen molar-refractivity contribution in [2.75, 3.05) is 19.7 Å². The van der Waals surface area contributed by atoms with Gasteiger partial charge in [0.1, 0.15) is 0 Å². The number of hydrogen-bond donors (Lipinski definition) is 1. The van der Waals surface area contributed by atoms with Crippen LogP contribution >= 0.6 is 0 Å². The number of nitrogens with one attached hydrogen (secondary N) is 1. The van der Waals surface area contributed by atoms with E-state index in [1.165, 1.54) is 23.1 Å². The number of carbonyl (C=O) groups is 4. The molecule has 7 heteroatoms. The lowest BCUT2D eigenvalue weighted by Gasteiger charge is -2.12. The van der Waals surface area contributed by atoms with Gasteiger partial charge in [-0.3, -0.25) is 19.3 Å². The number of carbonyl (C=O) groups excluding carboxylic acids is 4. The molecule has 0 aromatic heterocycles. The van der Waals surface area contributed by atoms with E-state index in [4.69, 9.17) is 4.74 Å². The molecule has 1 aliphatic heterocycles. The van der Waals surface area contributed by atoms with Gasteiger partial charge in [-0.2, -0.15) is 0 Å². The predicted molar refractivity (Wildman–Crippen MR) is 90.3 cm³/mol. The molecule has 0 saturated heterocycles. The van der Waals surface area contributed by atoms with Crippen molar-refractivity contribution in [3.63, 3.8) is 0 Å². The van der Waals surface area contributed by atoms with Gasteiger partial charge in [0, 0.05) is 13.1 Å². The van der Waals surface area contributed by atoms with Crippen LogP contribution in [0.2, 0.25) is 0 Å². The van der Waals surface area contributed by atoms with Crippen molar-refractivity contribution in [2.24, 2.45) is 0 Å². The lowest BCUT2D eigenvalue weighted by Crippen LogP contribution is -2.30. The smallest absolute Gasteiger partial charge is 0.338 e. The van der Waals surface area contributed by atoms with Crippen LogP contribution in [0.5, 0.6) is 0 Å².